The fourth-order valence-electron chi connectivity index (χ4n) is 4.79. The van der Waals surface area contributed by atoms with Crippen molar-refractivity contribution in [2.24, 2.45) is 11.8 Å². The Morgan fingerprint density at radius 1 is 0.970 bits per heavy atom. The summed E-state index contributed by atoms with van der Waals surface area (Å²) in [7, 11) is 0. The van der Waals surface area contributed by atoms with Crippen LogP contribution in [0.3, 0.4) is 0 Å². The van der Waals surface area contributed by atoms with Crippen LogP contribution >= 0.6 is 34.8 Å². The molecule has 1 aliphatic carbocycles. The zero-order chi connectivity index (χ0) is 23.1. The van der Waals surface area contributed by atoms with Crippen LogP contribution in [0, 0.1) is 18.8 Å². The molecule has 1 aliphatic heterocycles. The van der Waals surface area contributed by atoms with Crippen LogP contribution in [0.2, 0.25) is 15.1 Å². The van der Waals surface area contributed by atoms with Crippen molar-refractivity contribution < 1.29 is 4.79 Å². The van der Waals surface area contributed by atoms with Crippen molar-refractivity contribution in [3.05, 3.63) is 80.9 Å². The van der Waals surface area contributed by atoms with Gasteiger partial charge >= 0.3 is 0 Å². The van der Waals surface area contributed by atoms with Gasteiger partial charge in [-0.15, -0.1) is 0 Å². The Bertz CT molecular complexity index is 1220. The van der Waals surface area contributed by atoms with Gasteiger partial charge in [-0.1, -0.05) is 59.1 Å². The summed E-state index contributed by atoms with van der Waals surface area (Å²) in [5, 5.41) is 8.35. The second-order valence-electron chi connectivity index (χ2n) is 8.65. The maximum Gasteiger partial charge on any atom is 0.286 e. The number of hydrazine groups is 1. The molecular formula is C25H23Cl3N4O. The van der Waals surface area contributed by atoms with Crippen LogP contribution < -0.4 is 5.43 Å². The Labute approximate surface area is 207 Å². The van der Waals surface area contributed by atoms with Crippen molar-refractivity contribution in [2.45, 2.75) is 19.8 Å². The molecule has 1 aromatic heterocycles. The molecule has 2 atom stereocenters. The highest BCUT2D eigenvalue weighted by atomic mass is 35.5. The van der Waals surface area contributed by atoms with E-state index in [9.17, 15) is 4.79 Å². The zero-order valence-corrected chi connectivity index (χ0v) is 20.3. The lowest BCUT2D eigenvalue weighted by Gasteiger charge is -2.18. The Balaban J connectivity index is 1.51. The van der Waals surface area contributed by atoms with Gasteiger partial charge in [0.15, 0.2) is 5.69 Å². The number of fused-ring (bicyclic) bond motifs is 1. The molecule has 2 aliphatic rings. The first-order chi connectivity index (χ1) is 15.9. The number of nitrogens with one attached hydrogen (secondary N) is 1. The van der Waals surface area contributed by atoms with Crippen molar-refractivity contribution in [1.82, 2.24) is 20.2 Å². The van der Waals surface area contributed by atoms with E-state index in [1.54, 1.807) is 22.9 Å². The largest absolute Gasteiger partial charge is 0.286 e. The third-order valence-electron chi connectivity index (χ3n) is 6.47. The predicted molar refractivity (Wildman–Crippen MR) is 133 cm³/mol. The summed E-state index contributed by atoms with van der Waals surface area (Å²) in [6, 6.07) is 12.7. The number of amides is 1. The molecule has 0 radical (unpaired) electrons. The Hall–Kier alpha value is -2.31. The summed E-state index contributed by atoms with van der Waals surface area (Å²) in [5.41, 5.74) is 6.51. The van der Waals surface area contributed by atoms with E-state index in [1.165, 1.54) is 0 Å². The third kappa shape index (κ3) is 4.43. The molecule has 5 nitrogen and oxygen atoms in total. The van der Waals surface area contributed by atoms with E-state index in [1.807, 2.05) is 36.2 Å². The minimum absolute atomic E-state index is 0.224. The normalized spacial score (nSPS) is 20.1. The van der Waals surface area contributed by atoms with Gasteiger partial charge in [0.2, 0.25) is 0 Å². The molecule has 5 rings (SSSR count). The number of hydrogen-bond acceptors (Lipinski definition) is 3. The van der Waals surface area contributed by atoms with Crippen LogP contribution in [0.25, 0.3) is 16.9 Å². The number of rotatable bonds is 4. The number of aromatic nitrogens is 2. The summed E-state index contributed by atoms with van der Waals surface area (Å²) < 4.78 is 1.71. The van der Waals surface area contributed by atoms with Gasteiger partial charge in [0, 0.05) is 34.3 Å². The third-order valence-corrected chi connectivity index (χ3v) is 7.26. The highest BCUT2D eigenvalue weighted by Gasteiger charge is 2.34. The molecule has 8 heteroatoms. The first-order valence-corrected chi connectivity index (χ1v) is 12.1. The molecule has 2 aromatic carbocycles. The lowest BCUT2D eigenvalue weighted by atomic mass is 9.86. The lowest BCUT2D eigenvalue weighted by molar-refractivity contribution is 0.0811. The minimum Gasteiger partial charge on any atom is -0.283 e. The fourth-order valence-corrected chi connectivity index (χ4v) is 5.40. The van der Waals surface area contributed by atoms with Gasteiger partial charge < -0.3 is 0 Å². The first-order valence-electron chi connectivity index (χ1n) is 10.9. The van der Waals surface area contributed by atoms with E-state index in [2.05, 4.69) is 17.6 Å². The average molecular weight is 502 g/mol. The topological polar surface area (TPSA) is 50.2 Å². The van der Waals surface area contributed by atoms with Crippen molar-refractivity contribution in [3.8, 4) is 16.9 Å². The molecule has 3 aromatic rings. The number of allylic oxidation sites excluding steroid dienone is 2. The van der Waals surface area contributed by atoms with Crippen LogP contribution in [-0.2, 0) is 0 Å². The summed E-state index contributed by atoms with van der Waals surface area (Å²) >= 11 is 18.7. The van der Waals surface area contributed by atoms with Crippen molar-refractivity contribution >= 4 is 40.7 Å². The van der Waals surface area contributed by atoms with Crippen LogP contribution in [0.15, 0.2) is 54.6 Å². The number of benzene rings is 2. The molecule has 2 heterocycles. The van der Waals surface area contributed by atoms with E-state index in [4.69, 9.17) is 39.9 Å². The highest BCUT2D eigenvalue weighted by molar-refractivity contribution is 6.35. The van der Waals surface area contributed by atoms with Gasteiger partial charge in [-0.3, -0.25) is 10.2 Å². The van der Waals surface area contributed by atoms with Crippen molar-refractivity contribution in [2.75, 3.05) is 13.1 Å². The number of carbonyl (C=O) groups excluding carboxylic acids is 1. The molecule has 0 saturated carbocycles. The summed E-state index contributed by atoms with van der Waals surface area (Å²) in [5.74, 6) is 0.955. The second kappa shape index (κ2) is 9.15. The quantitative estimate of drug-likeness (QED) is 0.424. The van der Waals surface area contributed by atoms with Gasteiger partial charge in [0.1, 0.15) is 0 Å². The zero-order valence-electron chi connectivity index (χ0n) is 18.1. The molecule has 33 heavy (non-hydrogen) atoms. The van der Waals surface area contributed by atoms with Crippen LogP contribution in [0.5, 0.6) is 0 Å². The first kappa shape index (κ1) is 22.5. The van der Waals surface area contributed by atoms with Crippen LogP contribution in [0.4, 0.5) is 0 Å². The van der Waals surface area contributed by atoms with E-state index in [-0.39, 0.29) is 5.91 Å². The molecule has 1 amide bonds. The fraction of sp³-hybridized carbons (Fsp3) is 0.280. The molecule has 1 saturated heterocycles. The highest BCUT2D eigenvalue weighted by Crippen LogP contribution is 2.34. The Kier molecular flexibility index (Phi) is 6.23. The molecule has 1 N–H and O–H groups in total. The predicted octanol–water partition coefficient (Wildman–Crippen LogP) is 6.35. The van der Waals surface area contributed by atoms with Gasteiger partial charge in [-0.2, -0.15) is 5.10 Å². The van der Waals surface area contributed by atoms with E-state index >= 15 is 0 Å². The SMILES string of the molecule is Cc1c(C(=O)NN2CC3CC=CCC3C2)nn(-c2ccc(Cl)cc2Cl)c1-c1ccc(Cl)cc1. The summed E-state index contributed by atoms with van der Waals surface area (Å²) in [6.45, 7) is 3.61. The molecule has 0 spiro atoms. The van der Waals surface area contributed by atoms with Crippen LogP contribution in [-0.4, -0.2) is 33.8 Å². The number of nitrogens with zero attached hydrogens (tertiary/aromatic N) is 3. The smallest absolute Gasteiger partial charge is 0.283 e. The van der Waals surface area contributed by atoms with Gasteiger partial charge in [0.05, 0.1) is 16.4 Å². The van der Waals surface area contributed by atoms with E-state index < -0.39 is 0 Å². The number of carbonyl (C=O) groups is 1. The van der Waals surface area contributed by atoms with E-state index in [0.29, 0.717) is 38.3 Å². The summed E-state index contributed by atoms with van der Waals surface area (Å²) in [4.78, 5) is 13.3. The standard InChI is InChI=1S/C25H23Cl3N4O/c1-15-23(25(33)30-31-13-17-4-2-3-5-18(17)14-31)29-32(22-11-10-20(27)12-21(22)28)24(15)16-6-8-19(26)9-7-16/h2-3,6-12,17-18H,4-5,13-14H2,1H3,(H,30,33). The molecule has 170 valence electrons. The van der Waals surface area contributed by atoms with Gasteiger partial charge in [-0.05, 0) is 61.9 Å². The molecule has 2 unspecified atom stereocenters. The maximum absolute atomic E-state index is 13.3. The van der Waals surface area contributed by atoms with Crippen LogP contribution in [0.1, 0.15) is 28.9 Å². The van der Waals surface area contributed by atoms with Gasteiger partial charge in [-0.25, -0.2) is 9.69 Å². The van der Waals surface area contributed by atoms with E-state index in [0.717, 1.165) is 42.8 Å². The van der Waals surface area contributed by atoms with Gasteiger partial charge in [0.25, 0.3) is 5.91 Å². The maximum atomic E-state index is 13.3. The molecule has 0 bridgehead atoms. The molecular weight excluding hydrogens is 479 g/mol. The Morgan fingerprint density at radius 3 is 2.24 bits per heavy atom. The second-order valence-corrected chi connectivity index (χ2v) is 9.93. The lowest BCUT2D eigenvalue weighted by Crippen LogP contribution is -2.41. The monoisotopic (exact) mass is 500 g/mol. The van der Waals surface area contributed by atoms with Crippen molar-refractivity contribution in [1.29, 1.82) is 0 Å². The average Bonchev–Trinajstić information content (AvgIpc) is 3.35. The Morgan fingerprint density at radius 2 is 1.61 bits per heavy atom. The summed E-state index contributed by atoms with van der Waals surface area (Å²) in [6.07, 6.45) is 6.63. The number of halogens is 3. The minimum atomic E-state index is -0.224. The van der Waals surface area contributed by atoms with Crippen molar-refractivity contribution in [3.63, 3.8) is 0 Å². The molecule has 1 fully saturated rings. The number of hydrogen-bond donors (Lipinski definition) is 1.